The predicted octanol–water partition coefficient (Wildman–Crippen LogP) is 4.31. The van der Waals surface area contributed by atoms with Crippen molar-refractivity contribution in [2.45, 2.75) is 31.9 Å². The number of nitrogens with zero attached hydrogens (tertiary/aromatic N) is 1. The van der Waals surface area contributed by atoms with Crippen molar-refractivity contribution in [3.63, 3.8) is 0 Å². The second-order valence-corrected chi connectivity index (χ2v) is 6.97. The lowest BCUT2D eigenvalue weighted by molar-refractivity contribution is -0.384. The minimum Gasteiger partial charge on any atom is -0.292 e. The summed E-state index contributed by atoms with van der Waals surface area (Å²) < 4.78 is 38.1. The van der Waals surface area contributed by atoms with Crippen molar-refractivity contribution in [2.75, 3.05) is 5.43 Å². The van der Waals surface area contributed by atoms with Gasteiger partial charge < -0.3 is 0 Å². The van der Waals surface area contributed by atoms with Crippen molar-refractivity contribution in [1.29, 1.82) is 0 Å². The molecule has 0 spiro atoms. The molecule has 0 fully saturated rings. The van der Waals surface area contributed by atoms with Gasteiger partial charge in [0.25, 0.3) is 11.6 Å². The number of nitro groups is 1. The number of anilines is 1. The number of alkyl halides is 3. The fraction of sp³-hybridized carbons (Fsp3) is 0.312. The highest BCUT2D eigenvalue weighted by Gasteiger charge is 2.33. The average molecular weight is 385 g/mol. The van der Waals surface area contributed by atoms with Crippen LogP contribution in [0.4, 0.5) is 24.5 Å². The van der Waals surface area contributed by atoms with E-state index in [4.69, 9.17) is 0 Å². The Bertz CT molecular complexity index is 841. The largest absolute Gasteiger partial charge is 0.416 e. The lowest BCUT2D eigenvalue weighted by Crippen LogP contribution is -2.29. The molecule has 1 aromatic carbocycles. The molecule has 2 aromatic rings. The van der Waals surface area contributed by atoms with E-state index < -0.39 is 28.3 Å². The Kier molecular flexibility index (Phi) is 4.86. The Morgan fingerprint density at radius 3 is 2.58 bits per heavy atom. The number of nitrogens with one attached hydrogen (secondary N) is 2. The van der Waals surface area contributed by atoms with E-state index >= 15 is 0 Å². The number of carbonyl (C=O) groups excluding carboxylic acids is 1. The summed E-state index contributed by atoms with van der Waals surface area (Å²) in [6.07, 6.45) is -0.712. The van der Waals surface area contributed by atoms with Gasteiger partial charge in [0.1, 0.15) is 5.69 Å². The number of amides is 1. The number of aryl methyl sites for hydroxylation is 2. The molecule has 1 heterocycles. The number of hydrogen-bond acceptors (Lipinski definition) is 5. The van der Waals surface area contributed by atoms with E-state index in [9.17, 15) is 28.1 Å². The van der Waals surface area contributed by atoms with E-state index in [1.165, 1.54) is 11.3 Å². The lowest BCUT2D eigenvalue weighted by atomic mass is 9.99. The number of hydrazine groups is 1. The molecule has 0 unspecified atom stereocenters. The maximum absolute atomic E-state index is 12.7. The van der Waals surface area contributed by atoms with Crippen LogP contribution in [0.3, 0.4) is 0 Å². The Morgan fingerprint density at radius 2 is 1.92 bits per heavy atom. The van der Waals surface area contributed by atoms with Gasteiger partial charge in [0.15, 0.2) is 0 Å². The first-order chi connectivity index (χ1) is 12.3. The third-order valence-corrected chi connectivity index (χ3v) is 5.29. The molecule has 0 aliphatic heterocycles. The van der Waals surface area contributed by atoms with Crippen molar-refractivity contribution in [3.05, 3.63) is 55.3 Å². The standard InChI is InChI=1S/C16H14F3N3O3S/c17-16(18,19)10-5-6-11(12(8-10)22(24)25)20-21-15(23)14-7-9-3-1-2-4-13(9)26-14/h5-8,20H,1-4H2,(H,21,23). The zero-order chi connectivity index (χ0) is 18.9. The van der Waals surface area contributed by atoms with Gasteiger partial charge in [0.2, 0.25) is 0 Å². The van der Waals surface area contributed by atoms with E-state index in [1.807, 2.05) is 0 Å². The Morgan fingerprint density at radius 1 is 1.19 bits per heavy atom. The zero-order valence-corrected chi connectivity index (χ0v) is 14.2. The third-order valence-electron chi connectivity index (χ3n) is 4.05. The first kappa shape index (κ1) is 18.2. The molecule has 138 valence electrons. The number of rotatable bonds is 4. The second-order valence-electron chi connectivity index (χ2n) is 5.83. The van der Waals surface area contributed by atoms with Gasteiger partial charge in [-0.2, -0.15) is 13.2 Å². The number of hydrogen-bond donors (Lipinski definition) is 2. The molecule has 26 heavy (non-hydrogen) atoms. The van der Waals surface area contributed by atoms with Crippen molar-refractivity contribution in [1.82, 2.24) is 5.43 Å². The maximum atomic E-state index is 12.7. The van der Waals surface area contributed by atoms with Gasteiger partial charge in [0, 0.05) is 10.9 Å². The molecule has 0 saturated carbocycles. The van der Waals surface area contributed by atoms with Crippen molar-refractivity contribution >= 4 is 28.6 Å². The molecule has 0 saturated heterocycles. The summed E-state index contributed by atoms with van der Waals surface area (Å²) in [7, 11) is 0. The van der Waals surface area contributed by atoms with Gasteiger partial charge in [-0.1, -0.05) is 0 Å². The monoisotopic (exact) mass is 385 g/mol. The first-order valence-electron chi connectivity index (χ1n) is 7.79. The molecular weight excluding hydrogens is 371 g/mol. The van der Waals surface area contributed by atoms with E-state index in [1.54, 1.807) is 6.07 Å². The Labute approximate surface area is 150 Å². The molecule has 0 atom stereocenters. The van der Waals surface area contributed by atoms with Crippen molar-refractivity contribution in [3.8, 4) is 0 Å². The van der Waals surface area contributed by atoms with Gasteiger partial charge in [-0.25, -0.2) is 0 Å². The summed E-state index contributed by atoms with van der Waals surface area (Å²) in [5.74, 6) is -0.487. The van der Waals surface area contributed by atoms with Crippen LogP contribution in [0.15, 0.2) is 24.3 Å². The number of thiophene rings is 1. The molecule has 10 heteroatoms. The number of halogens is 3. The normalized spacial score (nSPS) is 13.8. The fourth-order valence-electron chi connectivity index (χ4n) is 2.75. The highest BCUT2D eigenvalue weighted by atomic mass is 32.1. The minimum absolute atomic E-state index is 0.224. The quantitative estimate of drug-likeness (QED) is 0.607. The maximum Gasteiger partial charge on any atom is 0.416 e. The van der Waals surface area contributed by atoms with Crippen LogP contribution in [0.1, 0.15) is 38.5 Å². The third kappa shape index (κ3) is 3.79. The van der Waals surface area contributed by atoms with Crippen LogP contribution in [0.2, 0.25) is 0 Å². The Hall–Kier alpha value is -2.62. The zero-order valence-electron chi connectivity index (χ0n) is 13.4. The van der Waals surface area contributed by atoms with Gasteiger partial charge >= 0.3 is 6.18 Å². The first-order valence-corrected chi connectivity index (χ1v) is 8.61. The smallest absolute Gasteiger partial charge is 0.292 e. The predicted molar refractivity (Wildman–Crippen MR) is 90.1 cm³/mol. The highest BCUT2D eigenvalue weighted by Crippen LogP contribution is 2.35. The second kappa shape index (κ2) is 6.94. The average Bonchev–Trinajstić information content (AvgIpc) is 3.02. The van der Waals surface area contributed by atoms with E-state index in [0.29, 0.717) is 17.0 Å². The van der Waals surface area contributed by atoms with Gasteiger partial charge in [-0.3, -0.25) is 25.8 Å². The highest BCUT2D eigenvalue weighted by molar-refractivity contribution is 7.14. The molecule has 0 bridgehead atoms. The van der Waals surface area contributed by atoms with Crippen LogP contribution in [-0.4, -0.2) is 10.8 Å². The van der Waals surface area contributed by atoms with Gasteiger partial charge in [-0.15, -0.1) is 11.3 Å². The molecule has 1 aromatic heterocycles. The number of carbonyl (C=O) groups is 1. The minimum atomic E-state index is -4.69. The van der Waals surface area contributed by atoms with Crippen LogP contribution in [-0.2, 0) is 19.0 Å². The molecule has 2 N–H and O–H groups in total. The van der Waals surface area contributed by atoms with E-state index in [2.05, 4.69) is 10.9 Å². The summed E-state index contributed by atoms with van der Waals surface area (Å²) in [6.45, 7) is 0. The number of nitro benzene ring substituents is 1. The molecule has 0 radical (unpaired) electrons. The molecule has 1 aliphatic rings. The number of fused-ring (bicyclic) bond motifs is 1. The summed E-state index contributed by atoms with van der Waals surface area (Å²) >= 11 is 1.36. The molecule has 3 rings (SSSR count). The Balaban J connectivity index is 1.75. The topological polar surface area (TPSA) is 84.3 Å². The summed E-state index contributed by atoms with van der Waals surface area (Å²) in [5, 5.41) is 11.0. The van der Waals surface area contributed by atoms with Crippen LogP contribution in [0.25, 0.3) is 0 Å². The van der Waals surface area contributed by atoms with E-state index in [0.717, 1.165) is 42.2 Å². The summed E-state index contributed by atoms with van der Waals surface area (Å²) in [5.41, 5.74) is 3.67. The van der Waals surface area contributed by atoms with E-state index in [-0.39, 0.29) is 5.69 Å². The van der Waals surface area contributed by atoms with Crippen LogP contribution in [0.5, 0.6) is 0 Å². The molecular formula is C16H14F3N3O3S. The van der Waals surface area contributed by atoms with Crippen LogP contribution >= 0.6 is 11.3 Å². The molecule has 6 nitrogen and oxygen atoms in total. The SMILES string of the molecule is O=C(NNc1ccc(C(F)(F)F)cc1[N+](=O)[O-])c1cc2c(s1)CCCC2. The summed E-state index contributed by atoms with van der Waals surface area (Å²) in [6, 6.07) is 3.85. The van der Waals surface area contributed by atoms with Crippen LogP contribution < -0.4 is 10.9 Å². The van der Waals surface area contributed by atoms with Crippen molar-refractivity contribution < 1.29 is 22.9 Å². The molecule has 1 amide bonds. The fourth-order valence-corrected chi connectivity index (χ4v) is 3.90. The number of benzene rings is 1. The summed E-state index contributed by atoms with van der Waals surface area (Å²) in [4.78, 5) is 23.9. The molecule has 1 aliphatic carbocycles. The van der Waals surface area contributed by atoms with Gasteiger partial charge in [0.05, 0.1) is 15.4 Å². The lowest BCUT2D eigenvalue weighted by Gasteiger charge is -2.11. The van der Waals surface area contributed by atoms with Crippen LogP contribution in [0, 0.1) is 10.1 Å². The van der Waals surface area contributed by atoms with Crippen molar-refractivity contribution in [2.24, 2.45) is 0 Å². The van der Waals surface area contributed by atoms with Gasteiger partial charge in [-0.05, 0) is 49.4 Å².